The molecule has 0 amide bonds. The van der Waals surface area contributed by atoms with Crippen LogP contribution in [0.2, 0.25) is 0 Å². The fourth-order valence-electron chi connectivity index (χ4n) is 1.00. The highest BCUT2D eigenvalue weighted by atomic mass is 32.1. The van der Waals surface area contributed by atoms with Gasteiger partial charge in [-0.15, -0.1) is 0 Å². The molecule has 2 heteroatoms. The van der Waals surface area contributed by atoms with Crippen molar-refractivity contribution in [2.24, 2.45) is 0 Å². The third kappa shape index (κ3) is 0.693. The van der Waals surface area contributed by atoms with Gasteiger partial charge in [0.2, 0.25) is 0 Å². The minimum absolute atomic E-state index is 0.378. The Kier molecular flexibility index (Phi) is 1.14. The quantitative estimate of drug-likeness (QED) is 0.612. The predicted molar refractivity (Wildman–Crippen MR) is 42.6 cm³/mol. The van der Waals surface area contributed by atoms with Crippen molar-refractivity contribution >= 4 is 11.3 Å². The summed E-state index contributed by atoms with van der Waals surface area (Å²) in [4.78, 5) is 0. The molecule has 0 radical (unpaired) electrons. The first-order chi connectivity index (χ1) is 4.88. The van der Waals surface area contributed by atoms with Gasteiger partial charge in [0.15, 0.2) is 0 Å². The molecule has 1 heterocycles. The van der Waals surface area contributed by atoms with E-state index in [4.69, 9.17) is 0 Å². The Labute approximate surface area is 62.9 Å². The smallest absolute Gasteiger partial charge is 0.123 e. The second kappa shape index (κ2) is 1.99. The minimum atomic E-state index is 0.378. The van der Waals surface area contributed by atoms with E-state index in [1.54, 1.807) is 17.4 Å². The van der Waals surface area contributed by atoms with Crippen molar-refractivity contribution in [3.05, 3.63) is 29.0 Å². The standard InChI is InChI=1S/C8H6OS/c9-8-2-1-6-5-10-4-3-7(6)8/h1-5,9H. The molecule has 1 aliphatic heterocycles. The zero-order valence-corrected chi connectivity index (χ0v) is 6.06. The molecule has 1 N–H and O–H groups in total. The van der Waals surface area contributed by atoms with Gasteiger partial charge in [-0.1, -0.05) is 0 Å². The predicted octanol–water partition coefficient (Wildman–Crippen LogP) is 2.56. The molecule has 0 atom stereocenters. The zero-order valence-electron chi connectivity index (χ0n) is 5.24. The van der Waals surface area contributed by atoms with Gasteiger partial charge in [-0.25, -0.2) is 0 Å². The molecule has 2 aliphatic rings. The van der Waals surface area contributed by atoms with E-state index >= 15 is 0 Å². The van der Waals surface area contributed by atoms with E-state index in [0.717, 1.165) is 11.1 Å². The largest absolute Gasteiger partial charge is 0.507 e. The number of aromatic hydroxyl groups is 1. The maximum atomic E-state index is 9.22. The van der Waals surface area contributed by atoms with Crippen molar-refractivity contribution in [2.45, 2.75) is 0 Å². The van der Waals surface area contributed by atoms with Crippen LogP contribution in [0.3, 0.4) is 0 Å². The molecule has 0 aromatic heterocycles. The summed E-state index contributed by atoms with van der Waals surface area (Å²) < 4.78 is 0. The Balaban J connectivity index is 2.78. The van der Waals surface area contributed by atoms with Gasteiger partial charge in [-0.3, -0.25) is 0 Å². The van der Waals surface area contributed by atoms with E-state index in [-0.39, 0.29) is 0 Å². The second-order valence-corrected chi connectivity index (χ2v) is 2.92. The highest BCUT2D eigenvalue weighted by Crippen LogP contribution is 2.33. The summed E-state index contributed by atoms with van der Waals surface area (Å²) in [5, 5.41) is 13.2. The van der Waals surface area contributed by atoms with Crippen LogP contribution in [0, 0.1) is 0 Å². The van der Waals surface area contributed by atoms with Crippen molar-refractivity contribution in [1.29, 1.82) is 0 Å². The van der Waals surface area contributed by atoms with Crippen molar-refractivity contribution < 1.29 is 5.11 Å². The molecule has 0 spiro atoms. The lowest BCUT2D eigenvalue weighted by Gasteiger charge is -1.94. The molecule has 0 bridgehead atoms. The van der Waals surface area contributed by atoms with Gasteiger partial charge in [0, 0.05) is 5.56 Å². The molecule has 0 aromatic carbocycles. The fraction of sp³-hybridized carbons (Fsp3) is 0. The lowest BCUT2D eigenvalue weighted by atomic mass is 10.2. The van der Waals surface area contributed by atoms with Crippen molar-refractivity contribution in [3.8, 4) is 16.9 Å². The fourth-order valence-corrected chi connectivity index (χ4v) is 1.65. The number of hydrogen-bond donors (Lipinski definition) is 1. The van der Waals surface area contributed by atoms with E-state index in [9.17, 15) is 5.11 Å². The van der Waals surface area contributed by atoms with Gasteiger partial charge in [0.1, 0.15) is 5.75 Å². The Bertz CT molecular complexity index is 313. The Hall–Kier alpha value is -1.02. The molecule has 1 aliphatic carbocycles. The van der Waals surface area contributed by atoms with Crippen LogP contribution in [-0.4, -0.2) is 5.11 Å². The normalized spacial score (nSPS) is 10.4. The molecular weight excluding hydrogens is 144 g/mol. The molecule has 0 aromatic rings. The van der Waals surface area contributed by atoms with Crippen LogP contribution in [0.5, 0.6) is 5.75 Å². The first-order valence-electron chi connectivity index (χ1n) is 3.02. The molecule has 2 rings (SSSR count). The highest BCUT2D eigenvalue weighted by Gasteiger charge is 2.05. The van der Waals surface area contributed by atoms with Crippen LogP contribution in [0.25, 0.3) is 11.1 Å². The van der Waals surface area contributed by atoms with Gasteiger partial charge in [0.05, 0.1) is 0 Å². The summed E-state index contributed by atoms with van der Waals surface area (Å²) >= 11 is 1.63. The average molecular weight is 150 g/mol. The molecule has 0 saturated heterocycles. The monoisotopic (exact) mass is 150 g/mol. The van der Waals surface area contributed by atoms with E-state index in [1.165, 1.54) is 0 Å². The summed E-state index contributed by atoms with van der Waals surface area (Å²) in [5.41, 5.74) is 2.06. The molecule has 10 heavy (non-hydrogen) atoms. The van der Waals surface area contributed by atoms with Gasteiger partial charge >= 0.3 is 0 Å². The van der Waals surface area contributed by atoms with Crippen LogP contribution in [0.1, 0.15) is 0 Å². The average Bonchev–Trinajstić information content (AvgIpc) is 2.34. The van der Waals surface area contributed by atoms with Crippen LogP contribution in [0.4, 0.5) is 0 Å². The first kappa shape index (κ1) is 5.74. The van der Waals surface area contributed by atoms with Crippen LogP contribution >= 0.6 is 11.3 Å². The molecule has 50 valence electrons. The number of hydrogen-bond acceptors (Lipinski definition) is 2. The van der Waals surface area contributed by atoms with Crippen molar-refractivity contribution in [2.75, 3.05) is 0 Å². The van der Waals surface area contributed by atoms with Crippen LogP contribution < -0.4 is 0 Å². The Morgan fingerprint density at radius 2 is 2.10 bits per heavy atom. The molecule has 0 saturated carbocycles. The van der Waals surface area contributed by atoms with Gasteiger partial charge in [-0.05, 0) is 34.5 Å². The van der Waals surface area contributed by atoms with E-state index in [1.807, 2.05) is 22.9 Å². The summed E-state index contributed by atoms with van der Waals surface area (Å²) in [6, 6.07) is 5.56. The molecule has 0 fully saturated rings. The van der Waals surface area contributed by atoms with E-state index in [0.29, 0.717) is 5.75 Å². The zero-order chi connectivity index (χ0) is 6.97. The number of fused-ring (bicyclic) bond motifs is 1. The third-order valence-corrected chi connectivity index (χ3v) is 2.20. The third-order valence-electron chi connectivity index (χ3n) is 1.52. The minimum Gasteiger partial charge on any atom is -0.507 e. The summed E-state index contributed by atoms with van der Waals surface area (Å²) in [5.74, 6) is 0.378. The van der Waals surface area contributed by atoms with Gasteiger partial charge in [-0.2, -0.15) is 11.3 Å². The van der Waals surface area contributed by atoms with Crippen LogP contribution in [-0.2, 0) is 0 Å². The van der Waals surface area contributed by atoms with Crippen molar-refractivity contribution in [1.82, 2.24) is 0 Å². The number of rotatable bonds is 0. The first-order valence-corrected chi connectivity index (χ1v) is 3.96. The molecule has 0 unspecified atom stereocenters. The molecule has 1 nitrogen and oxygen atoms in total. The summed E-state index contributed by atoms with van der Waals surface area (Å²) in [6.07, 6.45) is 0. The summed E-state index contributed by atoms with van der Waals surface area (Å²) in [7, 11) is 0. The van der Waals surface area contributed by atoms with E-state index < -0.39 is 0 Å². The topological polar surface area (TPSA) is 20.2 Å². The lowest BCUT2D eigenvalue weighted by Crippen LogP contribution is -1.66. The maximum Gasteiger partial charge on any atom is 0.123 e. The van der Waals surface area contributed by atoms with Crippen molar-refractivity contribution in [3.63, 3.8) is 0 Å². The maximum absolute atomic E-state index is 9.22. The van der Waals surface area contributed by atoms with E-state index in [2.05, 4.69) is 0 Å². The van der Waals surface area contributed by atoms with Gasteiger partial charge < -0.3 is 5.11 Å². The Morgan fingerprint density at radius 1 is 1.20 bits per heavy atom. The Morgan fingerprint density at radius 3 is 2.90 bits per heavy atom. The highest BCUT2D eigenvalue weighted by molar-refractivity contribution is 7.07. The summed E-state index contributed by atoms with van der Waals surface area (Å²) in [6.45, 7) is 0. The second-order valence-electron chi connectivity index (χ2n) is 2.14. The van der Waals surface area contributed by atoms with Gasteiger partial charge in [0.25, 0.3) is 0 Å². The SMILES string of the molecule is Oc1ccc2csccc1-2. The lowest BCUT2D eigenvalue weighted by molar-refractivity contribution is 0.479. The molecular formula is C8H6OS. The van der Waals surface area contributed by atoms with Crippen LogP contribution in [0.15, 0.2) is 29.0 Å².